The maximum atomic E-state index is 11.7. The lowest BCUT2D eigenvalue weighted by Gasteiger charge is -2.16. The molecule has 0 fully saturated rings. The Kier molecular flexibility index (Phi) is 6.83. The van der Waals surface area contributed by atoms with Crippen LogP contribution in [0.5, 0.6) is 17.2 Å². The lowest BCUT2D eigenvalue weighted by Crippen LogP contribution is -2.03. The first-order valence-corrected chi connectivity index (χ1v) is 9.39. The van der Waals surface area contributed by atoms with E-state index in [2.05, 4.69) is 31.9 Å². The number of nitro groups is 1. The van der Waals surface area contributed by atoms with Crippen LogP contribution in [0.3, 0.4) is 0 Å². The standard InChI is InChI=1S/C18H17Br2NO6/c1-9(2)12-7-11(8-15(21(23)24)16(12)25-3)27-17-13(19)5-10(6-14(17)20)18(22)26-4/h5-9H,1-4H3. The van der Waals surface area contributed by atoms with Crippen molar-refractivity contribution in [2.75, 3.05) is 14.2 Å². The number of nitro benzene ring substituents is 1. The Hall–Kier alpha value is -2.13. The lowest BCUT2D eigenvalue weighted by molar-refractivity contribution is -0.385. The first kappa shape index (κ1) is 21.2. The van der Waals surface area contributed by atoms with Gasteiger partial charge in [0, 0.05) is 5.56 Å². The predicted octanol–water partition coefficient (Wildman–Crippen LogP) is 5.83. The predicted molar refractivity (Wildman–Crippen MR) is 107 cm³/mol. The van der Waals surface area contributed by atoms with Gasteiger partial charge in [-0.05, 0) is 56.0 Å². The number of ether oxygens (including phenoxy) is 3. The molecule has 0 atom stereocenters. The number of hydrogen-bond donors (Lipinski definition) is 0. The van der Waals surface area contributed by atoms with Gasteiger partial charge in [-0.25, -0.2) is 4.79 Å². The molecule has 9 heteroatoms. The van der Waals surface area contributed by atoms with Crippen LogP contribution in [0.15, 0.2) is 33.2 Å². The third-order valence-corrected chi connectivity index (χ3v) is 4.91. The molecule has 0 bridgehead atoms. The average molecular weight is 503 g/mol. The van der Waals surface area contributed by atoms with Crippen LogP contribution in [-0.2, 0) is 4.74 Å². The van der Waals surface area contributed by atoms with Crippen molar-refractivity contribution in [3.63, 3.8) is 0 Å². The minimum Gasteiger partial charge on any atom is -0.490 e. The highest BCUT2D eigenvalue weighted by molar-refractivity contribution is 9.11. The first-order valence-electron chi connectivity index (χ1n) is 7.81. The highest BCUT2D eigenvalue weighted by Crippen LogP contribution is 2.43. The van der Waals surface area contributed by atoms with Crippen molar-refractivity contribution in [2.45, 2.75) is 19.8 Å². The number of rotatable bonds is 6. The number of benzene rings is 2. The molecule has 0 spiro atoms. The van der Waals surface area contributed by atoms with Crippen LogP contribution < -0.4 is 9.47 Å². The molecule has 2 aromatic carbocycles. The summed E-state index contributed by atoms with van der Waals surface area (Å²) in [5, 5.41) is 11.4. The van der Waals surface area contributed by atoms with Gasteiger partial charge in [-0.1, -0.05) is 13.8 Å². The smallest absolute Gasteiger partial charge is 0.337 e. The molecule has 0 saturated heterocycles. The topological polar surface area (TPSA) is 87.9 Å². The molecule has 0 aliphatic carbocycles. The Bertz CT molecular complexity index is 875. The number of hydrogen-bond acceptors (Lipinski definition) is 6. The summed E-state index contributed by atoms with van der Waals surface area (Å²) < 4.78 is 16.8. The Labute approximate surface area is 173 Å². The third kappa shape index (κ3) is 4.59. The van der Waals surface area contributed by atoms with Gasteiger partial charge < -0.3 is 14.2 Å². The molecule has 0 aliphatic heterocycles. The van der Waals surface area contributed by atoms with Crippen molar-refractivity contribution >= 4 is 43.5 Å². The second kappa shape index (κ2) is 8.71. The summed E-state index contributed by atoms with van der Waals surface area (Å²) in [4.78, 5) is 22.6. The molecule has 0 radical (unpaired) electrons. The maximum absolute atomic E-state index is 11.7. The van der Waals surface area contributed by atoms with Gasteiger partial charge in [0.15, 0.2) is 5.75 Å². The molecule has 0 aromatic heterocycles. The van der Waals surface area contributed by atoms with E-state index in [1.807, 2.05) is 13.8 Å². The second-order valence-corrected chi connectivity index (χ2v) is 7.55. The van der Waals surface area contributed by atoms with E-state index in [4.69, 9.17) is 14.2 Å². The summed E-state index contributed by atoms with van der Waals surface area (Å²) in [6, 6.07) is 6.10. The van der Waals surface area contributed by atoms with E-state index in [1.54, 1.807) is 18.2 Å². The van der Waals surface area contributed by atoms with E-state index in [1.165, 1.54) is 20.3 Å². The van der Waals surface area contributed by atoms with E-state index >= 15 is 0 Å². The first-order chi connectivity index (χ1) is 12.7. The average Bonchev–Trinajstić information content (AvgIpc) is 2.62. The van der Waals surface area contributed by atoms with E-state index in [0.29, 0.717) is 25.8 Å². The lowest BCUT2D eigenvalue weighted by atomic mass is 10.0. The summed E-state index contributed by atoms with van der Waals surface area (Å²) in [6.07, 6.45) is 0. The van der Waals surface area contributed by atoms with Crippen molar-refractivity contribution in [3.05, 3.63) is 54.5 Å². The molecule has 144 valence electrons. The van der Waals surface area contributed by atoms with Crippen LogP contribution >= 0.6 is 31.9 Å². The Balaban J connectivity index is 2.55. The molecule has 0 aliphatic rings. The van der Waals surface area contributed by atoms with E-state index in [9.17, 15) is 14.9 Å². The van der Waals surface area contributed by atoms with Crippen molar-refractivity contribution in [1.82, 2.24) is 0 Å². The summed E-state index contributed by atoms with van der Waals surface area (Å²) in [6.45, 7) is 3.81. The SMILES string of the molecule is COC(=O)c1cc(Br)c(Oc2cc(C(C)C)c(OC)c([N+](=O)[O-])c2)c(Br)c1. The van der Waals surface area contributed by atoms with Gasteiger partial charge in [0.25, 0.3) is 0 Å². The molecule has 2 rings (SSSR count). The summed E-state index contributed by atoms with van der Waals surface area (Å²) in [5.74, 6) is 0.345. The second-order valence-electron chi connectivity index (χ2n) is 5.84. The van der Waals surface area contributed by atoms with Gasteiger partial charge in [0.1, 0.15) is 5.75 Å². The summed E-state index contributed by atoms with van der Waals surface area (Å²) >= 11 is 6.71. The van der Waals surface area contributed by atoms with Crippen LogP contribution in [-0.4, -0.2) is 25.1 Å². The van der Waals surface area contributed by atoms with Crippen LogP contribution in [0.1, 0.15) is 35.7 Å². The molecule has 0 amide bonds. The zero-order chi connectivity index (χ0) is 20.3. The molecular weight excluding hydrogens is 486 g/mol. The minimum absolute atomic E-state index is 0.0178. The van der Waals surface area contributed by atoms with Crippen molar-refractivity contribution in [2.24, 2.45) is 0 Å². The largest absolute Gasteiger partial charge is 0.490 e. The Morgan fingerprint density at radius 1 is 1.07 bits per heavy atom. The van der Waals surface area contributed by atoms with Gasteiger partial charge in [0.05, 0.1) is 39.7 Å². The maximum Gasteiger partial charge on any atom is 0.337 e. The van der Waals surface area contributed by atoms with Crippen molar-refractivity contribution < 1.29 is 23.9 Å². The number of carbonyl (C=O) groups excluding carboxylic acids is 1. The molecule has 0 heterocycles. The fraction of sp³-hybridized carbons (Fsp3) is 0.278. The summed E-state index contributed by atoms with van der Waals surface area (Å²) in [5.41, 5.74) is 0.796. The van der Waals surface area contributed by atoms with Gasteiger partial charge in [-0.2, -0.15) is 0 Å². The molecule has 0 unspecified atom stereocenters. The zero-order valence-electron chi connectivity index (χ0n) is 15.0. The van der Waals surface area contributed by atoms with Crippen molar-refractivity contribution in [1.29, 1.82) is 0 Å². The fourth-order valence-corrected chi connectivity index (χ4v) is 3.81. The highest BCUT2D eigenvalue weighted by atomic mass is 79.9. The van der Waals surface area contributed by atoms with Crippen molar-refractivity contribution in [3.8, 4) is 17.2 Å². The minimum atomic E-state index is -0.512. The number of methoxy groups -OCH3 is 2. The number of halogens is 2. The Morgan fingerprint density at radius 2 is 1.67 bits per heavy atom. The van der Waals surface area contributed by atoms with E-state index < -0.39 is 10.9 Å². The number of esters is 1. The molecule has 0 N–H and O–H groups in total. The summed E-state index contributed by atoms with van der Waals surface area (Å²) in [7, 11) is 2.69. The number of nitrogens with zero attached hydrogens (tertiary/aromatic N) is 1. The fourth-order valence-electron chi connectivity index (χ4n) is 2.47. The third-order valence-electron chi connectivity index (χ3n) is 3.73. The van der Waals surface area contributed by atoms with Gasteiger partial charge in [-0.3, -0.25) is 10.1 Å². The van der Waals surface area contributed by atoms with Crippen LogP contribution in [0.2, 0.25) is 0 Å². The van der Waals surface area contributed by atoms with Gasteiger partial charge in [-0.15, -0.1) is 0 Å². The molecule has 27 heavy (non-hydrogen) atoms. The van der Waals surface area contributed by atoms with Crippen LogP contribution in [0.25, 0.3) is 0 Å². The molecule has 0 saturated carbocycles. The molecular formula is C18H17Br2NO6. The van der Waals surface area contributed by atoms with Crippen LogP contribution in [0, 0.1) is 10.1 Å². The monoisotopic (exact) mass is 501 g/mol. The highest BCUT2D eigenvalue weighted by Gasteiger charge is 2.24. The van der Waals surface area contributed by atoms with E-state index in [-0.39, 0.29) is 23.1 Å². The normalized spacial score (nSPS) is 10.6. The van der Waals surface area contributed by atoms with Gasteiger partial charge in [0.2, 0.25) is 5.75 Å². The zero-order valence-corrected chi connectivity index (χ0v) is 18.2. The van der Waals surface area contributed by atoms with Crippen LogP contribution in [0.4, 0.5) is 5.69 Å². The van der Waals surface area contributed by atoms with E-state index in [0.717, 1.165) is 0 Å². The number of carbonyl (C=O) groups is 1. The quantitative estimate of drug-likeness (QED) is 0.280. The molecule has 7 nitrogen and oxygen atoms in total. The molecule has 2 aromatic rings. The Morgan fingerprint density at radius 3 is 2.11 bits per heavy atom. The van der Waals surface area contributed by atoms with Gasteiger partial charge >= 0.3 is 11.7 Å².